The SMILES string of the molecule is C=CC(=O)N1CCCC1.CNc1cnc2[nH]cc(-c3ccncc3)c2c1.[HH]. The molecule has 0 unspecified atom stereocenters. The summed E-state index contributed by atoms with van der Waals surface area (Å²) < 4.78 is 0. The summed E-state index contributed by atoms with van der Waals surface area (Å²) in [6.07, 6.45) is 11.1. The number of likely N-dealkylation sites (tertiary alicyclic amines) is 1. The summed E-state index contributed by atoms with van der Waals surface area (Å²) in [6.45, 7) is 5.26. The highest BCUT2D eigenvalue weighted by Gasteiger charge is 2.14. The second-order valence-corrected chi connectivity index (χ2v) is 6.04. The molecule has 1 aliphatic rings. The number of anilines is 1. The van der Waals surface area contributed by atoms with Crippen LogP contribution in [0.5, 0.6) is 0 Å². The lowest BCUT2D eigenvalue weighted by Crippen LogP contribution is -2.25. The second kappa shape index (κ2) is 8.29. The fourth-order valence-electron chi connectivity index (χ4n) is 2.98. The Kier molecular flexibility index (Phi) is 5.63. The normalized spacial score (nSPS) is 13.2. The number of nitrogens with zero attached hydrogens (tertiary/aromatic N) is 3. The van der Waals surface area contributed by atoms with Gasteiger partial charge in [0.15, 0.2) is 0 Å². The molecule has 26 heavy (non-hydrogen) atoms. The quantitative estimate of drug-likeness (QED) is 0.706. The van der Waals surface area contributed by atoms with Gasteiger partial charge in [-0.2, -0.15) is 0 Å². The van der Waals surface area contributed by atoms with Crippen LogP contribution in [0, 0.1) is 0 Å². The Bertz CT molecular complexity index is 888. The maximum Gasteiger partial charge on any atom is 0.245 e. The molecule has 0 spiro atoms. The molecule has 4 heterocycles. The smallest absolute Gasteiger partial charge is 0.245 e. The van der Waals surface area contributed by atoms with Crippen LogP contribution < -0.4 is 5.32 Å². The zero-order chi connectivity index (χ0) is 18.4. The highest BCUT2D eigenvalue weighted by molar-refractivity contribution is 5.95. The summed E-state index contributed by atoms with van der Waals surface area (Å²) in [5.41, 5.74) is 4.19. The van der Waals surface area contributed by atoms with E-state index < -0.39 is 0 Å². The molecule has 0 bridgehead atoms. The van der Waals surface area contributed by atoms with Crippen molar-refractivity contribution >= 4 is 22.6 Å². The second-order valence-electron chi connectivity index (χ2n) is 6.04. The van der Waals surface area contributed by atoms with Crippen molar-refractivity contribution in [2.45, 2.75) is 12.8 Å². The molecule has 6 heteroatoms. The lowest BCUT2D eigenvalue weighted by atomic mass is 10.1. The number of rotatable bonds is 3. The van der Waals surface area contributed by atoms with Crippen molar-refractivity contribution in [2.24, 2.45) is 0 Å². The van der Waals surface area contributed by atoms with Crippen LogP contribution in [-0.2, 0) is 4.79 Å². The van der Waals surface area contributed by atoms with Crippen molar-refractivity contribution in [3.8, 4) is 11.1 Å². The first-order valence-electron chi connectivity index (χ1n) is 8.69. The van der Waals surface area contributed by atoms with Crippen LogP contribution in [0.2, 0.25) is 0 Å². The largest absolute Gasteiger partial charge is 0.387 e. The van der Waals surface area contributed by atoms with Crippen molar-refractivity contribution in [1.82, 2.24) is 19.9 Å². The summed E-state index contributed by atoms with van der Waals surface area (Å²) in [7, 11) is 1.89. The van der Waals surface area contributed by atoms with Gasteiger partial charge in [0.1, 0.15) is 5.65 Å². The maximum atomic E-state index is 10.8. The average Bonchev–Trinajstić information content (AvgIpc) is 3.38. The van der Waals surface area contributed by atoms with E-state index >= 15 is 0 Å². The van der Waals surface area contributed by atoms with Crippen LogP contribution in [0.25, 0.3) is 22.2 Å². The molecule has 1 amide bonds. The van der Waals surface area contributed by atoms with E-state index in [1.165, 1.54) is 6.08 Å². The van der Waals surface area contributed by atoms with E-state index in [1.807, 2.05) is 36.5 Å². The van der Waals surface area contributed by atoms with Crippen molar-refractivity contribution in [3.63, 3.8) is 0 Å². The third-order valence-corrected chi connectivity index (χ3v) is 4.40. The number of hydrogen-bond donors (Lipinski definition) is 2. The monoisotopic (exact) mass is 351 g/mol. The molecule has 2 N–H and O–H groups in total. The summed E-state index contributed by atoms with van der Waals surface area (Å²) in [4.78, 5) is 24.2. The van der Waals surface area contributed by atoms with Gasteiger partial charge in [0.05, 0.1) is 11.9 Å². The average molecular weight is 351 g/mol. The van der Waals surface area contributed by atoms with Gasteiger partial charge in [-0.3, -0.25) is 9.78 Å². The molecule has 3 aromatic heterocycles. The minimum atomic E-state index is 0. The fraction of sp³-hybridized carbons (Fsp3) is 0.250. The van der Waals surface area contributed by atoms with E-state index in [4.69, 9.17) is 0 Å². The van der Waals surface area contributed by atoms with Crippen LogP contribution >= 0.6 is 0 Å². The third-order valence-electron chi connectivity index (χ3n) is 4.40. The van der Waals surface area contributed by atoms with E-state index in [2.05, 4.69) is 32.9 Å². The number of carbonyl (C=O) groups excluding carboxylic acids is 1. The highest BCUT2D eigenvalue weighted by atomic mass is 16.2. The van der Waals surface area contributed by atoms with Gasteiger partial charge in [-0.25, -0.2) is 4.98 Å². The van der Waals surface area contributed by atoms with Gasteiger partial charge in [-0.15, -0.1) is 0 Å². The number of carbonyl (C=O) groups is 1. The van der Waals surface area contributed by atoms with E-state index in [0.29, 0.717) is 0 Å². The van der Waals surface area contributed by atoms with Crippen molar-refractivity contribution in [1.29, 1.82) is 0 Å². The first kappa shape index (κ1) is 17.7. The molecule has 0 aromatic carbocycles. The van der Waals surface area contributed by atoms with Gasteiger partial charge in [-0.1, -0.05) is 6.58 Å². The molecular weight excluding hydrogens is 326 g/mol. The Morgan fingerprint density at radius 1 is 1.35 bits per heavy atom. The zero-order valence-corrected chi connectivity index (χ0v) is 14.9. The Morgan fingerprint density at radius 2 is 2.08 bits per heavy atom. The fourth-order valence-corrected chi connectivity index (χ4v) is 2.98. The molecule has 0 aliphatic carbocycles. The van der Waals surface area contributed by atoms with Crippen LogP contribution in [0.3, 0.4) is 0 Å². The molecule has 0 saturated carbocycles. The Balaban J connectivity index is 0.000000224. The predicted octanol–water partition coefficient (Wildman–Crippen LogP) is 3.71. The number of amides is 1. The summed E-state index contributed by atoms with van der Waals surface area (Å²) in [6, 6.07) is 6.08. The number of pyridine rings is 2. The third kappa shape index (κ3) is 3.91. The highest BCUT2D eigenvalue weighted by Crippen LogP contribution is 2.28. The van der Waals surface area contributed by atoms with Crippen LogP contribution in [0.1, 0.15) is 14.3 Å². The molecule has 136 valence electrons. The molecular formula is C20H25N5O. The Labute approximate surface area is 154 Å². The number of H-pyrrole nitrogens is 1. The molecule has 1 fully saturated rings. The van der Waals surface area contributed by atoms with Crippen molar-refractivity contribution in [2.75, 3.05) is 25.5 Å². The van der Waals surface area contributed by atoms with E-state index in [9.17, 15) is 4.79 Å². The maximum absolute atomic E-state index is 10.8. The molecule has 3 aromatic rings. The minimum Gasteiger partial charge on any atom is -0.387 e. The van der Waals surface area contributed by atoms with Gasteiger partial charge in [0, 0.05) is 51.1 Å². The number of hydrogen-bond acceptors (Lipinski definition) is 4. The van der Waals surface area contributed by atoms with Crippen LogP contribution in [0.4, 0.5) is 5.69 Å². The molecule has 0 atom stereocenters. The molecule has 1 aliphatic heterocycles. The topological polar surface area (TPSA) is 73.9 Å². The van der Waals surface area contributed by atoms with Gasteiger partial charge < -0.3 is 15.2 Å². The van der Waals surface area contributed by atoms with Crippen molar-refractivity contribution < 1.29 is 6.22 Å². The van der Waals surface area contributed by atoms with E-state index in [-0.39, 0.29) is 7.33 Å². The number of aromatic nitrogens is 3. The minimum absolute atomic E-state index is 0. The lowest BCUT2D eigenvalue weighted by molar-refractivity contribution is -0.124. The molecule has 0 radical (unpaired) electrons. The van der Waals surface area contributed by atoms with Gasteiger partial charge in [0.2, 0.25) is 5.91 Å². The summed E-state index contributed by atoms with van der Waals surface area (Å²) >= 11 is 0. The van der Waals surface area contributed by atoms with Gasteiger partial charge in [-0.05, 0) is 42.7 Å². The number of fused-ring (bicyclic) bond motifs is 1. The van der Waals surface area contributed by atoms with Gasteiger partial charge >= 0.3 is 0 Å². The molecule has 1 saturated heterocycles. The van der Waals surface area contributed by atoms with E-state index in [0.717, 1.165) is 53.8 Å². The summed E-state index contributed by atoms with van der Waals surface area (Å²) in [5, 5.41) is 4.21. The van der Waals surface area contributed by atoms with Crippen LogP contribution in [0.15, 0.2) is 55.6 Å². The Morgan fingerprint density at radius 3 is 2.73 bits per heavy atom. The van der Waals surface area contributed by atoms with E-state index in [1.54, 1.807) is 12.4 Å². The van der Waals surface area contributed by atoms with Crippen LogP contribution in [-0.4, -0.2) is 45.9 Å². The lowest BCUT2D eigenvalue weighted by Gasteiger charge is -2.10. The number of aromatic amines is 1. The van der Waals surface area contributed by atoms with Crippen molar-refractivity contribution in [3.05, 3.63) is 55.6 Å². The Hall–Kier alpha value is -3.15. The zero-order valence-electron chi connectivity index (χ0n) is 14.9. The molecule has 6 nitrogen and oxygen atoms in total. The molecule has 4 rings (SSSR count). The first-order chi connectivity index (χ1) is 12.7. The standard InChI is InChI=1S/C13H12N4.C7H11NO.H2/c1-14-10-6-11-12(8-17-13(11)16-7-10)9-2-4-15-5-3-9;1-2-7(9)8-5-3-4-6-8;/h2-8,14H,1H3,(H,16,17);2H,1,3-6H2;1H. The first-order valence-corrected chi connectivity index (χ1v) is 8.69. The summed E-state index contributed by atoms with van der Waals surface area (Å²) in [5.74, 6) is 0.0764. The van der Waals surface area contributed by atoms with Gasteiger partial charge in [0.25, 0.3) is 0 Å². The predicted molar refractivity (Wildman–Crippen MR) is 107 cm³/mol. The number of nitrogens with one attached hydrogen (secondary N) is 2.